The standard InChI is InChI=1S/C10H20N4O2S2/c1-7(6-17-4)5-12-18(15,16)9-8(2)14(3)13-10(9)11/h7,12H,5-6H2,1-4H3,(H2,11,13). The van der Waals surface area contributed by atoms with E-state index in [4.69, 9.17) is 5.73 Å². The van der Waals surface area contributed by atoms with Crippen molar-refractivity contribution in [2.24, 2.45) is 13.0 Å². The van der Waals surface area contributed by atoms with Gasteiger partial charge in [-0.05, 0) is 24.9 Å². The molecule has 3 N–H and O–H groups in total. The van der Waals surface area contributed by atoms with Crippen molar-refractivity contribution in [3.63, 3.8) is 0 Å². The SMILES string of the molecule is CSCC(C)CNS(=O)(=O)c1c(N)nn(C)c1C. The van der Waals surface area contributed by atoms with Gasteiger partial charge >= 0.3 is 0 Å². The van der Waals surface area contributed by atoms with Gasteiger partial charge in [0.25, 0.3) is 0 Å². The largest absolute Gasteiger partial charge is 0.381 e. The Bertz CT molecular complexity index is 510. The Morgan fingerprint density at radius 1 is 1.56 bits per heavy atom. The number of rotatable bonds is 6. The lowest BCUT2D eigenvalue weighted by molar-refractivity contribution is 0.562. The van der Waals surface area contributed by atoms with Crippen LogP contribution in [0.1, 0.15) is 12.6 Å². The molecule has 1 heterocycles. The van der Waals surface area contributed by atoms with Crippen molar-refractivity contribution in [1.29, 1.82) is 0 Å². The van der Waals surface area contributed by atoms with E-state index in [0.29, 0.717) is 12.2 Å². The molecule has 1 atom stereocenters. The van der Waals surface area contributed by atoms with Crippen molar-refractivity contribution in [3.8, 4) is 0 Å². The maximum Gasteiger partial charge on any atom is 0.246 e. The molecule has 18 heavy (non-hydrogen) atoms. The second kappa shape index (κ2) is 5.94. The number of nitrogens with one attached hydrogen (secondary N) is 1. The molecular weight excluding hydrogens is 272 g/mol. The molecule has 104 valence electrons. The molecule has 0 amide bonds. The molecule has 0 spiro atoms. The molecule has 8 heteroatoms. The van der Waals surface area contributed by atoms with Gasteiger partial charge in [0, 0.05) is 13.6 Å². The van der Waals surface area contributed by atoms with Crippen LogP contribution in [-0.4, -0.2) is 36.8 Å². The highest BCUT2D eigenvalue weighted by molar-refractivity contribution is 7.98. The Morgan fingerprint density at radius 3 is 2.61 bits per heavy atom. The van der Waals surface area contributed by atoms with E-state index in [2.05, 4.69) is 9.82 Å². The molecule has 0 aromatic carbocycles. The summed E-state index contributed by atoms with van der Waals surface area (Å²) < 4.78 is 28.3. The lowest BCUT2D eigenvalue weighted by Crippen LogP contribution is -2.30. The fraction of sp³-hybridized carbons (Fsp3) is 0.700. The van der Waals surface area contributed by atoms with Crippen LogP contribution >= 0.6 is 11.8 Å². The van der Waals surface area contributed by atoms with Crippen LogP contribution in [0.4, 0.5) is 5.82 Å². The number of hydrogen-bond donors (Lipinski definition) is 2. The topological polar surface area (TPSA) is 90.0 Å². The third-order valence-corrected chi connectivity index (χ3v) is 5.14. The summed E-state index contributed by atoms with van der Waals surface area (Å²) in [4.78, 5) is 0.0846. The third-order valence-electron chi connectivity index (χ3n) is 2.65. The van der Waals surface area contributed by atoms with Gasteiger partial charge in [-0.2, -0.15) is 16.9 Å². The number of nitrogens with two attached hydrogens (primary N) is 1. The van der Waals surface area contributed by atoms with Crippen LogP contribution < -0.4 is 10.5 Å². The van der Waals surface area contributed by atoms with Crippen molar-refractivity contribution in [1.82, 2.24) is 14.5 Å². The van der Waals surface area contributed by atoms with Crippen molar-refractivity contribution in [3.05, 3.63) is 5.69 Å². The van der Waals surface area contributed by atoms with Crippen LogP contribution in [-0.2, 0) is 17.1 Å². The Hall–Kier alpha value is -0.730. The maximum absolute atomic E-state index is 12.1. The number of nitrogen functional groups attached to an aromatic ring is 1. The van der Waals surface area contributed by atoms with E-state index >= 15 is 0 Å². The maximum atomic E-state index is 12.1. The molecule has 1 unspecified atom stereocenters. The number of aryl methyl sites for hydroxylation is 1. The van der Waals surface area contributed by atoms with E-state index in [-0.39, 0.29) is 16.6 Å². The minimum absolute atomic E-state index is 0.0417. The molecule has 0 aliphatic carbocycles. The molecule has 1 aromatic heterocycles. The first-order chi connectivity index (χ1) is 8.29. The first-order valence-electron chi connectivity index (χ1n) is 5.57. The lowest BCUT2D eigenvalue weighted by atomic mass is 10.2. The van der Waals surface area contributed by atoms with Crippen molar-refractivity contribution >= 4 is 27.6 Å². The Balaban J connectivity index is 2.87. The predicted octanol–water partition coefficient (Wildman–Crippen LogP) is 0.588. The van der Waals surface area contributed by atoms with Crippen LogP contribution in [0.25, 0.3) is 0 Å². The second-order valence-corrected chi connectivity index (χ2v) is 6.95. The average Bonchev–Trinajstić information content (AvgIpc) is 2.51. The van der Waals surface area contributed by atoms with E-state index in [1.54, 1.807) is 25.7 Å². The van der Waals surface area contributed by atoms with Crippen LogP contribution in [0.3, 0.4) is 0 Å². The first kappa shape index (κ1) is 15.3. The fourth-order valence-electron chi connectivity index (χ4n) is 1.61. The summed E-state index contributed by atoms with van der Waals surface area (Å²) in [6.07, 6.45) is 1.99. The second-order valence-electron chi connectivity index (χ2n) is 4.34. The van der Waals surface area contributed by atoms with E-state index in [1.165, 1.54) is 4.68 Å². The number of aromatic nitrogens is 2. The molecule has 0 aliphatic heterocycles. The highest BCUT2D eigenvalue weighted by atomic mass is 32.2. The van der Waals surface area contributed by atoms with E-state index < -0.39 is 10.0 Å². The van der Waals surface area contributed by atoms with Crippen molar-refractivity contribution in [2.75, 3.05) is 24.3 Å². The normalized spacial score (nSPS) is 13.8. The lowest BCUT2D eigenvalue weighted by Gasteiger charge is -2.11. The quantitative estimate of drug-likeness (QED) is 0.801. The van der Waals surface area contributed by atoms with Gasteiger partial charge in [-0.25, -0.2) is 13.1 Å². The van der Waals surface area contributed by atoms with Gasteiger partial charge in [-0.3, -0.25) is 4.68 Å². The molecule has 1 rings (SSSR count). The molecular formula is C10H20N4O2S2. The third kappa shape index (κ3) is 3.39. The Labute approximate surface area is 112 Å². The molecule has 6 nitrogen and oxygen atoms in total. The van der Waals surface area contributed by atoms with Gasteiger partial charge in [-0.15, -0.1) is 0 Å². The molecule has 0 fully saturated rings. The number of hydrogen-bond acceptors (Lipinski definition) is 5. The smallest absolute Gasteiger partial charge is 0.246 e. The predicted molar refractivity (Wildman–Crippen MR) is 75.1 cm³/mol. The molecule has 0 radical (unpaired) electrons. The summed E-state index contributed by atoms with van der Waals surface area (Å²) in [5.41, 5.74) is 6.18. The highest BCUT2D eigenvalue weighted by Gasteiger charge is 2.24. The fourth-order valence-corrected chi connectivity index (χ4v) is 3.79. The van der Waals surface area contributed by atoms with Gasteiger partial charge in [0.15, 0.2) is 5.82 Å². The van der Waals surface area contributed by atoms with E-state index in [0.717, 1.165) is 5.75 Å². The van der Waals surface area contributed by atoms with Gasteiger partial charge in [-0.1, -0.05) is 6.92 Å². The average molecular weight is 292 g/mol. The summed E-state index contributed by atoms with van der Waals surface area (Å²) >= 11 is 1.69. The van der Waals surface area contributed by atoms with Gasteiger partial charge in [0.2, 0.25) is 10.0 Å². The zero-order valence-corrected chi connectivity index (χ0v) is 12.7. The molecule has 1 aromatic rings. The van der Waals surface area contributed by atoms with E-state index in [1.807, 2.05) is 13.2 Å². The monoisotopic (exact) mass is 292 g/mol. The summed E-state index contributed by atoms with van der Waals surface area (Å²) in [7, 11) is -1.91. The molecule has 0 aliphatic rings. The first-order valence-corrected chi connectivity index (χ1v) is 8.45. The summed E-state index contributed by atoms with van der Waals surface area (Å²) in [6.45, 7) is 4.08. The van der Waals surface area contributed by atoms with Crippen LogP contribution in [0.15, 0.2) is 4.90 Å². The van der Waals surface area contributed by atoms with Crippen LogP contribution in [0.2, 0.25) is 0 Å². The summed E-state index contributed by atoms with van der Waals surface area (Å²) in [6, 6.07) is 0. The zero-order chi connectivity index (χ0) is 13.9. The Morgan fingerprint density at radius 2 is 2.17 bits per heavy atom. The highest BCUT2D eigenvalue weighted by Crippen LogP contribution is 2.20. The van der Waals surface area contributed by atoms with Gasteiger partial charge < -0.3 is 5.73 Å². The van der Waals surface area contributed by atoms with Gasteiger partial charge in [0.1, 0.15) is 4.90 Å². The van der Waals surface area contributed by atoms with Crippen LogP contribution in [0, 0.1) is 12.8 Å². The zero-order valence-electron chi connectivity index (χ0n) is 11.1. The van der Waals surface area contributed by atoms with Crippen molar-refractivity contribution in [2.45, 2.75) is 18.7 Å². The number of thioether (sulfide) groups is 1. The number of anilines is 1. The minimum atomic E-state index is -3.58. The molecule has 0 saturated carbocycles. The summed E-state index contributed by atoms with van der Waals surface area (Å²) in [5, 5.41) is 3.91. The molecule has 0 bridgehead atoms. The minimum Gasteiger partial charge on any atom is -0.381 e. The van der Waals surface area contributed by atoms with E-state index in [9.17, 15) is 8.42 Å². The van der Waals surface area contributed by atoms with Crippen LogP contribution in [0.5, 0.6) is 0 Å². The number of sulfonamides is 1. The molecule has 0 saturated heterocycles. The Kier molecular flexibility index (Phi) is 5.06. The summed E-state index contributed by atoms with van der Waals surface area (Å²) in [5.74, 6) is 1.22. The van der Waals surface area contributed by atoms with Crippen molar-refractivity contribution < 1.29 is 8.42 Å². The van der Waals surface area contributed by atoms with Gasteiger partial charge in [0.05, 0.1) is 5.69 Å². The number of nitrogens with zero attached hydrogens (tertiary/aromatic N) is 2.